The molecule has 35 heavy (non-hydrogen) atoms. The molecule has 4 rings (SSSR count). The zero-order chi connectivity index (χ0) is 26.1. The van der Waals surface area contributed by atoms with Crippen LogP contribution >= 0.6 is 93.0 Å². The van der Waals surface area contributed by atoms with Crippen molar-refractivity contribution in [2.45, 2.75) is 9.92 Å². The summed E-state index contributed by atoms with van der Waals surface area (Å²) in [7, 11) is 0. The molecule has 0 amide bonds. The Kier molecular flexibility index (Phi) is 11.7. The van der Waals surface area contributed by atoms with Crippen molar-refractivity contribution in [3.8, 4) is 0 Å². The minimum atomic E-state index is 0.243. The molecule has 0 aliphatic carbocycles. The van der Waals surface area contributed by atoms with Crippen LogP contribution in [0.4, 0.5) is 23.3 Å². The fourth-order valence-electron chi connectivity index (χ4n) is 1.91. The number of pyridine rings is 2. The molecule has 0 atom stereocenters. The molecule has 10 nitrogen and oxygen atoms in total. The van der Waals surface area contributed by atoms with E-state index in [1.54, 1.807) is 24.5 Å². The summed E-state index contributed by atoms with van der Waals surface area (Å²) in [5.41, 5.74) is 21.9. The van der Waals surface area contributed by atoms with Crippen molar-refractivity contribution < 1.29 is 0 Å². The monoisotopic (exact) mass is 702 g/mol. The molecular formula is C18H15Cl4IN10S2. The predicted octanol–water partition coefficient (Wildman–Crippen LogP) is 5.79. The number of H-pyrrole nitrogens is 1. The van der Waals surface area contributed by atoms with E-state index >= 15 is 0 Å². The molecule has 0 unspecified atom stereocenters. The summed E-state index contributed by atoms with van der Waals surface area (Å²) in [4.78, 5) is 22.7. The highest BCUT2D eigenvalue weighted by Gasteiger charge is 2.10. The summed E-state index contributed by atoms with van der Waals surface area (Å²) in [5.74, 6) is 1.16. The van der Waals surface area contributed by atoms with Crippen molar-refractivity contribution in [2.24, 2.45) is 0 Å². The van der Waals surface area contributed by atoms with Gasteiger partial charge in [-0.1, -0.05) is 70.4 Å². The lowest BCUT2D eigenvalue weighted by Gasteiger charge is -2.06. The van der Waals surface area contributed by atoms with Gasteiger partial charge in [-0.15, -0.1) is 0 Å². The number of hydrogen-bond acceptors (Lipinski definition) is 11. The lowest BCUT2D eigenvalue weighted by Crippen LogP contribution is -1.97. The summed E-state index contributed by atoms with van der Waals surface area (Å²) in [6.45, 7) is 0. The zero-order valence-electron chi connectivity index (χ0n) is 17.2. The van der Waals surface area contributed by atoms with Gasteiger partial charge in [0.1, 0.15) is 31.6 Å². The molecule has 0 saturated heterocycles. The summed E-state index contributed by atoms with van der Waals surface area (Å²) in [6, 6.07) is 3.53. The average molecular weight is 704 g/mol. The van der Waals surface area contributed by atoms with Crippen LogP contribution in [0.25, 0.3) is 0 Å². The maximum Gasteiger partial charge on any atom is 0.160 e. The van der Waals surface area contributed by atoms with Crippen molar-refractivity contribution in [2.75, 3.05) is 22.9 Å². The van der Waals surface area contributed by atoms with Gasteiger partial charge in [-0.2, -0.15) is 0 Å². The number of nitrogens with one attached hydrogen (secondary N) is 1. The quantitative estimate of drug-likeness (QED) is 0.126. The number of nitrogens with zero attached hydrogens (tertiary/aromatic N) is 5. The number of nitrogens with two attached hydrogens (primary N) is 4. The van der Waals surface area contributed by atoms with E-state index in [4.69, 9.17) is 81.6 Å². The maximum atomic E-state index is 6.00. The summed E-state index contributed by atoms with van der Waals surface area (Å²) >= 11 is 30.9. The summed E-state index contributed by atoms with van der Waals surface area (Å²) in [5, 5.41) is 1.99. The van der Waals surface area contributed by atoms with E-state index in [0.29, 0.717) is 35.6 Å². The standard InChI is InChI=1S/C9H7Cl2N5S.C5H4ClIN2.C4H4ClN3S/c10-5-3-15-9(8(13)16-5)17-4-1-2-14-7(12)6(4)11;6-4-3(7)1-2-9-5(4)8;5-2-1-7-4(9)3(6)8-2/h1-3H,(H2,12,14)(H2,13,16);1-2H,(H2,8,9);1H,(H2,6,8)(H,7,9). The fourth-order valence-corrected chi connectivity index (χ4v) is 3.86. The van der Waals surface area contributed by atoms with E-state index in [1.165, 1.54) is 24.2 Å². The van der Waals surface area contributed by atoms with E-state index < -0.39 is 0 Å². The van der Waals surface area contributed by atoms with Gasteiger partial charge in [0, 0.05) is 27.1 Å². The Hall–Kier alpha value is -1.88. The summed E-state index contributed by atoms with van der Waals surface area (Å²) in [6.07, 6.45) is 6.09. The number of anilines is 4. The Balaban J connectivity index is 0.000000203. The first kappa shape index (κ1) is 29.4. The minimum absolute atomic E-state index is 0.243. The zero-order valence-corrected chi connectivity index (χ0v) is 24.0. The van der Waals surface area contributed by atoms with Gasteiger partial charge in [0.15, 0.2) is 11.6 Å². The third kappa shape index (κ3) is 9.25. The molecule has 0 aliphatic heterocycles. The molecule has 0 aromatic carbocycles. The van der Waals surface area contributed by atoms with E-state index in [0.717, 1.165) is 3.57 Å². The van der Waals surface area contributed by atoms with Crippen molar-refractivity contribution in [1.82, 2.24) is 29.9 Å². The Morgan fingerprint density at radius 2 is 1.40 bits per heavy atom. The highest BCUT2D eigenvalue weighted by Crippen LogP contribution is 2.36. The second-order valence-corrected chi connectivity index (χ2v) is 10.1. The molecule has 0 saturated carbocycles. The van der Waals surface area contributed by atoms with Gasteiger partial charge in [0.25, 0.3) is 0 Å². The SMILES string of the molecule is Nc1nc(Cl)c[nH]c1=S.Nc1nc(Cl)cnc1Sc1ccnc(N)c1Cl.Nc1nccc(I)c1Cl. The van der Waals surface area contributed by atoms with E-state index in [1.807, 2.05) is 0 Å². The number of rotatable bonds is 2. The number of halogens is 5. The smallest absolute Gasteiger partial charge is 0.160 e. The topological polar surface area (TPSA) is 184 Å². The molecule has 9 N–H and O–H groups in total. The molecule has 184 valence electrons. The Bertz CT molecular complexity index is 1360. The first-order valence-corrected chi connectivity index (χ1v) is 12.7. The maximum absolute atomic E-state index is 6.00. The van der Waals surface area contributed by atoms with Crippen molar-refractivity contribution in [3.63, 3.8) is 0 Å². The van der Waals surface area contributed by atoms with E-state index in [9.17, 15) is 0 Å². The molecular weight excluding hydrogens is 689 g/mol. The molecule has 0 fully saturated rings. The van der Waals surface area contributed by atoms with Gasteiger partial charge in [-0.25, -0.2) is 24.9 Å². The minimum Gasteiger partial charge on any atom is -0.382 e. The number of hydrogen-bond donors (Lipinski definition) is 5. The second-order valence-electron chi connectivity index (χ2n) is 5.92. The molecule has 0 spiro atoms. The molecule has 4 aromatic heterocycles. The first-order valence-electron chi connectivity index (χ1n) is 8.91. The lowest BCUT2D eigenvalue weighted by atomic mass is 10.5. The molecule has 4 heterocycles. The van der Waals surface area contributed by atoms with Gasteiger partial charge in [0.2, 0.25) is 0 Å². The van der Waals surface area contributed by atoms with Gasteiger partial charge in [-0.3, -0.25) is 0 Å². The molecule has 0 aliphatic rings. The van der Waals surface area contributed by atoms with Crippen LogP contribution in [0.3, 0.4) is 0 Å². The van der Waals surface area contributed by atoms with Gasteiger partial charge >= 0.3 is 0 Å². The number of nitrogen functional groups attached to an aromatic ring is 4. The molecule has 0 radical (unpaired) electrons. The molecule has 4 aromatic rings. The number of aromatic nitrogens is 6. The second kappa shape index (κ2) is 14.0. The van der Waals surface area contributed by atoms with E-state index in [-0.39, 0.29) is 22.6 Å². The Morgan fingerprint density at radius 3 is 1.94 bits per heavy atom. The van der Waals surface area contributed by atoms with Gasteiger partial charge in [-0.05, 0) is 34.7 Å². The largest absolute Gasteiger partial charge is 0.382 e. The summed E-state index contributed by atoms with van der Waals surface area (Å²) < 4.78 is 1.35. The van der Waals surface area contributed by atoms with Crippen LogP contribution in [0, 0.1) is 8.21 Å². The van der Waals surface area contributed by atoms with Crippen molar-refractivity contribution in [1.29, 1.82) is 0 Å². The van der Waals surface area contributed by atoms with Crippen LogP contribution in [0.2, 0.25) is 20.4 Å². The third-order valence-corrected chi connectivity index (χ3v) is 7.37. The average Bonchev–Trinajstić information content (AvgIpc) is 2.80. The van der Waals surface area contributed by atoms with Crippen LogP contribution < -0.4 is 22.9 Å². The van der Waals surface area contributed by atoms with Crippen LogP contribution in [-0.4, -0.2) is 29.9 Å². The third-order valence-electron chi connectivity index (χ3n) is 3.47. The van der Waals surface area contributed by atoms with Crippen LogP contribution in [-0.2, 0) is 0 Å². The van der Waals surface area contributed by atoms with Crippen molar-refractivity contribution in [3.05, 3.63) is 65.5 Å². The highest BCUT2D eigenvalue weighted by atomic mass is 127. The lowest BCUT2D eigenvalue weighted by molar-refractivity contribution is 1.07. The normalized spacial score (nSPS) is 9.97. The first-order chi connectivity index (χ1) is 16.5. The van der Waals surface area contributed by atoms with Crippen molar-refractivity contribution >= 4 is 116 Å². The van der Waals surface area contributed by atoms with Crippen LogP contribution in [0.5, 0.6) is 0 Å². The fraction of sp³-hybridized carbons (Fsp3) is 0. The predicted molar refractivity (Wildman–Crippen MR) is 154 cm³/mol. The van der Waals surface area contributed by atoms with Gasteiger partial charge in [0.05, 0.1) is 16.2 Å². The van der Waals surface area contributed by atoms with Crippen LogP contribution in [0.15, 0.2) is 46.8 Å². The Labute approximate surface area is 242 Å². The van der Waals surface area contributed by atoms with E-state index in [2.05, 4.69) is 52.5 Å². The van der Waals surface area contributed by atoms with Gasteiger partial charge < -0.3 is 27.9 Å². The Morgan fingerprint density at radius 1 is 0.800 bits per heavy atom. The molecule has 0 bridgehead atoms. The highest BCUT2D eigenvalue weighted by molar-refractivity contribution is 14.1. The molecule has 17 heteroatoms. The van der Waals surface area contributed by atoms with Crippen LogP contribution in [0.1, 0.15) is 0 Å². The number of aromatic amines is 1.